The molecule has 0 unspecified atom stereocenters. The molecule has 2 N–H and O–H groups in total. The van der Waals surface area contributed by atoms with Gasteiger partial charge in [0.2, 0.25) is 5.91 Å². The van der Waals surface area contributed by atoms with Crippen LogP contribution in [0.15, 0.2) is 48.5 Å². The minimum absolute atomic E-state index is 0.196. The Morgan fingerprint density at radius 2 is 1.65 bits per heavy atom. The van der Waals surface area contributed by atoms with Crippen molar-refractivity contribution in [3.63, 3.8) is 0 Å². The van der Waals surface area contributed by atoms with Crippen molar-refractivity contribution in [3.8, 4) is 11.5 Å². The topological polar surface area (TPSA) is 76.7 Å². The van der Waals surface area contributed by atoms with Gasteiger partial charge in [-0.05, 0) is 56.2 Å². The van der Waals surface area contributed by atoms with E-state index in [9.17, 15) is 9.59 Å². The maximum atomic E-state index is 12.1. The van der Waals surface area contributed by atoms with Crippen LogP contribution in [-0.2, 0) is 16.0 Å². The molecule has 0 aromatic heterocycles. The quantitative estimate of drug-likeness (QED) is 0.748. The zero-order chi connectivity index (χ0) is 18.9. The maximum absolute atomic E-state index is 12.1. The Bertz CT molecular complexity index is 744. The Morgan fingerprint density at radius 1 is 1.00 bits per heavy atom. The molecule has 2 amide bonds. The lowest BCUT2D eigenvalue weighted by Crippen LogP contribution is -2.47. The van der Waals surface area contributed by atoms with E-state index >= 15 is 0 Å². The van der Waals surface area contributed by atoms with Gasteiger partial charge in [-0.2, -0.15) is 0 Å². The molecule has 6 nitrogen and oxygen atoms in total. The van der Waals surface area contributed by atoms with Crippen molar-refractivity contribution < 1.29 is 19.1 Å². The standard InChI is InChI=1S/C20H24N2O4/c1-4-25-17-9-11-18(12-10-17)26-15(3)20(24)22-21-19(23)13-16-8-6-5-7-14(16)2/h5-12,15H,4,13H2,1-3H3,(H,21,23)(H,22,24)/t15-/m0/s1. The average Bonchev–Trinajstić information content (AvgIpc) is 2.63. The smallest absolute Gasteiger partial charge is 0.279 e. The molecule has 0 heterocycles. The summed E-state index contributed by atoms with van der Waals surface area (Å²) >= 11 is 0. The Labute approximate surface area is 153 Å². The number of hydrogen-bond acceptors (Lipinski definition) is 4. The van der Waals surface area contributed by atoms with Crippen molar-refractivity contribution in [3.05, 3.63) is 59.7 Å². The third kappa shape index (κ3) is 5.81. The fourth-order valence-corrected chi connectivity index (χ4v) is 2.30. The highest BCUT2D eigenvalue weighted by atomic mass is 16.5. The molecule has 0 bridgehead atoms. The molecule has 0 radical (unpaired) electrons. The Hall–Kier alpha value is -3.02. The summed E-state index contributed by atoms with van der Waals surface area (Å²) in [5.41, 5.74) is 6.74. The second-order valence-corrected chi connectivity index (χ2v) is 5.81. The first-order chi connectivity index (χ1) is 12.5. The van der Waals surface area contributed by atoms with Crippen LogP contribution in [0.4, 0.5) is 0 Å². The fraction of sp³-hybridized carbons (Fsp3) is 0.300. The summed E-state index contributed by atoms with van der Waals surface area (Å²) in [6.45, 7) is 6.04. The zero-order valence-electron chi connectivity index (χ0n) is 15.2. The largest absolute Gasteiger partial charge is 0.494 e. The number of rotatable bonds is 7. The first kappa shape index (κ1) is 19.3. The normalized spacial score (nSPS) is 11.3. The summed E-state index contributed by atoms with van der Waals surface area (Å²) in [5.74, 6) is 0.556. The number of ether oxygens (including phenoxy) is 2. The molecular formula is C20H24N2O4. The van der Waals surface area contributed by atoms with E-state index in [1.807, 2.05) is 38.1 Å². The molecule has 26 heavy (non-hydrogen) atoms. The van der Waals surface area contributed by atoms with Gasteiger partial charge in [-0.3, -0.25) is 20.4 Å². The van der Waals surface area contributed by atoms with Gasteiger partial charge >= 0.3 is 0 Å². The zero-order valence-corrected chi connectivity index (χ0v) is 15.2. The highest BCUT2D eigenvalue weighted by Crippen LogP contribution is 2.18. The van der Waals surface area contributed by atoms with E-state index < -0.39 is 12.0 Å². The van der Waals surface area contributed by atoms with Crippen LogP contribution >= 0.6 is 0 Å². The third-order valence-electron chi connectivity index (χ3n) is 3.75. The molecule has 6 heteroatoms. The highest BCUT2D eigenvalue weighted by Gasteiger charge is 2.15. The van der Waals surface area contributed by atoms with Crippen molar-refractivity contribution in [2.75, 3.05) is 6.61 Å². The number of benzene rings is 2. The molecule has 138 valence electrons. The minimum Gasteiger partial charge on any atom is -0.494 e. The van der Waals surface area contributed by atoms with Crippen molar-refractivity contribution >= 4 is 11.8 Å². The first-order valence-electron chi connectivity index (χ1n) is 8.52. The summed E-state index contributed by atoms with van der Waals surface area (Å²) < 4.78 is 10.9. The Kier molecular flexibility index (Phi) is 7.02. The summed E-state index contributed by atoms with van der Waals surface area (Å²) in [6, 6.07) is 14.6. The predicted octanol–water partition coefficient (Wildman–Crippen LogP) is 2.55. The molecule has 0 fully saturated rings. The lowest BCUT2D eigenvalue weighted by molar-refractivity contribution is -0.132. The van der Waals surface area contributed by atoms with Gasteiger partial charge in [0, 0.05) is 0 Å². The SMILES string of the molecule is CCOc1ccc(O[C@@H](C)C(=O)NNC(=O)Cc2ccccc2C)cc1. The number of hydrogen-bond donors (Lipinski definition) is 2. The van der Waals surface area contributed by atoms with Crippen LogP contribution in [0.3, 0.4) is 0 Å². The van der Waals surface area contributed by atoms with Gasteiger partial charge in [0.1, 0.15) is 11.5 Å². The molecule has 0 aliphatic heterocycles. The van der Waals surface area contributed by atoms with E-state index in [2.05, 4.69) is 10.9 Å². The van der Waals surface area contributed by atoms with Gasteiger partial charge in [0.05, 0.1) is 13.0 Å². The van der Waals surface area contributed by atoms with E-state index in [0.717, 1.165) is 16.9 Å². The van der Waals surface area contributed by atoms with E-state index in [1.165, 1.54) is 0 Å². The molecule has 2 rings (SSSR count). The predicted molar refractivity (Wildman–Crippen MR) is 98.9 cm³/mol. The monoisotopic (exact) mass is 356 g/mol. The highest BCUT2D eigenvalue weighted by molar-refractivity contribution is 5.85. The van der Waals surface area contributed by atoms with E-state index in [1.54, 1.807) is 31.2 Å². The van der Waals surface area contributed by atoms with Gasteiger partial charge in [-0.25, -0.2) is 0 Å². The van der Waals surface area contributed by atoms with Crippen molar-refractivity contribution in [1.29, 1.82) is 0 Å². The third-order valence-corrected chi connectivity index (χ3v) is 3.75. The number of carbonyl (C=O) groups is 2. The van der Waals surface area contributed by atoms with Crippen LogP contribution in [0.1, 0.15) is 25.0 Å². The number of aryl methyl sites for hydroxylation is 1. The molecule has 2 aromatic rings. The lowest BCUT2D eigenvalue weighted by Gasteiger charge is -2.15. The van der Waals surface area contributed by atoms with Crippen LogP contribution in [0.25, 0.3) is 0 Å². The second-order valence-electron chi connectivity index (χ2n) is 5.81. The van der Waals surface area contributed by atoms with E-state index in [0.29, 0.717) is 12.4 Å². The van der Waals surface area contributed by atoms with Gasteiger partial charge in [-0.15, -0.1) is 0 Å². The van der Waals surface area contributed by atoms with Gasteiger partial charge in [-0.1, -0.05) is 24.3 Å². The molecule has 0 aliphatic carbocycles. The maximum Gasteiger partial charge on any atom is 0.279 e. The van der Waals surface area contributed by atoms with E-state index in [4.69, 9.17) is 9.47 Å². The van der Waals surface area contributed by atoms with Gasteiger partial charge in [0.15, 0.2) is 6.10 Å². The molecular weight excluding hydrogens is 332 g/mol. The van der Waals surface area contributed by atoms with Crippen LogP contribution in [0, 0.1) is 6.92 Å². The minimum atomic E-state index is -0.758. The molecule has 0 saturated heterocycles. The number of hydrazine groups is 1. The summed E-state index contributed by atoms with van der Waals surface area (Å²) in [4.78, 5) is 24.0. The van der Waals surface area contributed by atoms with Crippen molar-refractivity contribution in [2.24, 2.45) is 0 Å². The molecule has 0 spiro atoms. The second kappa shape index (κ2) is 9.46. The van der Waals surface area contributed by atoms with Gasteiger partial charge in [0.25, 0.3) is 5.91 Å². The van der Waals surface area contributed by atoms with Crippen molar-refractivity contribution in [2.45, 2.75) is 33.3 Å². The number of amides is 2. The Balaban J connectivity index is 1.79. The van der Waals surface area contributed by atoms with Crippen LogP contribution in [0.2, 0.25) is 0 Å². The summed E-state index contributed by atoms with van der Waals surface area (Å²) in [7, 11) is 0. The Morgan fingerprint density at radius 3 is 2.31 bits per heavy atom. The molecule has 0 aliphatic rings. The molecule has 1 atom stereocenters. The molecule has 2 aromatic carbocycles. The number of nitrogens with one attached hydrogen (secondary N) is 2. The average molecular weight is 356 g/mol. The van der Waals surface area contributed by atoms with Crippen LogP contribution in [-0.4, -0.2) is 24.5 Å². The summed E-state index contributed by atoms with van der Waals surface area (Å²) in [5, 5.41) is 0. The lowest BCUT2D eigenvalue weighted by atomic mass is 10.1. The summed E-state index contributed by atoms with van der Waals surface area (Å²) in [6.07, 6.45) is -0.562. The molecule has 0 saturated carbocycles. The van der Waals surface area contributed by atoms with E-state index in [-0.39, 0.29) is 12.3 Å². The van der Waals surface area contributed by atoms with Gasteiger partial charge < -0.3 is 9.47 Å². The fourth-order valence-electron chi connectivity index (χ4n) is 2.30. The van der Waals surface area contributed by atoms with Crippen LogP contribution in [0.5, 0.6) is 11.5 Å². The van der Waals surface area contributed by atoms with Crippen molar-refractivity contribution in [1.82, 2.24) is 10.9 Å². The van der Waals surface area contributed by atoms with Crippen LogP contribution < -0.4 is 20.3 Å². The number of carbonyl (C=O) groups excluding carboxylic acids is 2. The first-order valence-corrected chi connectivity index (χ1v) is 8.52.